The van der Waals surface area contributed by atoms with Gasteiger partial charge in [0.2, 0.25) is 0 Å². The van der Waals surface area contributed by atoms with Crippen LogP contribution in [-0.2, 0) is 22.6 Å². The van der Waals surface area contributed by atoms with E-state index < -0.39 is 11.9 Å². The van der Waals surface area contributed by atoms with E-state index in [1.807, 2.05) is 6.92 Å². The summed E-state index contributed by atoms with van der Waals surface area (Å²) in [6.45, 7) is 7.12. The fourth-order valence-electron chi connectivity index (χ4n) is 4.03. The fraction of sp³-hybridized carbons (Fsp3) is 0.600. The molecule has 0 aliphatic carbocycles. The topological polar surface area (TPSA) is 94.3 Å². The number of aryl methyl sites for hydroxylation is 1. The van der Waals surface area contributed by atoms with Gasteiger partial charge in [-0.25, -0.2) is 9.18 Å². The first kappa shape index (κ1) is 22.1. The van der Waals surface area contributed by atoms with Crippen LogP contribution in [0.5, 0.6) is 0 Å². The lowest BCUT2D eigenvalue weighted by Gasteiger charge is -2.39. The molecule has 2 aromatic rings. The second-order valence-electron chi connectivity index (χ2n) is 7.66. The SMILES string of the molecule is CCn1nnn(CCN2CCC(C(OC)C(=O)Nc3ccccc3F)C(C)C2)c1=O. The van der Waals surface area contributed by atoms with E-state index in [1.165, 1.54) is 28.6 Å². The number of para-hydroxylation sites is 1. The van der Waals surface area contributed by atoms with Gasteiger partial charge in [0.15, 0.2) is 0 Å². The van der Waals surface area contributed by atoms with Gasteiger partial charge in [-0.2, -0.15) is 9.36 Å². The Kier molecular flexibility index (Phi) is 7.33. The predicted octanol–water partition coefficient (Wildman–Crippen LogP) is 1.21. The zero-order chi connectivity index (χ0) is 21.7. The minimum absolute atomic E-state index is 0.0155. The van der Waals surface area contributed by atoms with Gasteiger partial charge < -0.3 is 15.0 Å². The molecule has 0 radical (unpaired) electrons. The Bertz CT molecular complexity index is 914. The number of carbonyl (C=O) groups is 1. The Labute approximate surface area is 174 Å². The van der Waals surface area contributed by atoms with Crippen LogP contribution >= 0.6 is 0 Å². The number of methoxy groups -OCH3 is 1. The van der Waals surface area contributed by atoms with Crippen LogP contribution in [0.4, 0.5) is 10.1 Å². The molecule has 3 atom stereocenters. The third kappa shape index (κ3) is 4.93. The van der Waals surface area contributed by atoms with E-state index in [4.69, 9.17) is 4.74 Å². The van der Waals surface area contributed by atoms with E-state index in [2.05, 4.69) is 27.6 Å². The van der Waals surface area contributed by atoms with Crippen molar-refractivity contribution in [2.75, 3.05) is 32.1 Å². The number of hydrogen-bond donors (Lipinski definition) is 1. The first-order chi connectivity index (χ1) is 14.4. The number of rotatable bonds is 8. The first-order valence-electron chi connectivity index (χ1n) is 10.3. The Hall–Kier alpha value is -2.59. The third-order valence-electron chi connectivity index (χ3n) is 5.71. The number of aromatic nitrogens is 4. The van der Waals surface area contributed by atoms with Gasteiger partial charge in [0.25, 0.3) is 5.91 Å². The zero-order valence-electron chi connectivity index (χ0n) is 17.6. The summed E-state index contributed by atoms with van der Waals surface area (Å²) in [6, 6.07) is 6.09. The summed E-state index contributed by atoms with van der Waals surface area (Å²) in [5.74, 6) is -0.603. The number of amides is 1. The number of nitrogens with zero attached hydrogens (tertiary/aromatic N) is 5. The highest BCUT2D eigenvalue weighted by molar-refractivity contribution is 5.94. The number of nitrogens with one attached hydrogen (secondary N) is 1. The van der Waals surface area contributed by atoms with E-state index in [9.17, 15) is 14.0 Å². The van der Waals surface area contributed by atoms with Gasteiger partial charge in [-0.1, -0.05) is 19.1 Å². The molecule has 1 aromatic carbocycles. The Morgan fingerprint density at radius 2 is 2.03 bits per heavy atom. The largest absolute Gasteiger partial charge is 0.371 e. The van der Waals surface area contributed by atoms with E-state index >= 15 is 0 Å². The van der Waals surface area contributed by atoms with Crippen molar-refractivity contribution in [3.05, 3.63) is 40.6 Å². The fourth-order valence-corrected chi connectivity index (χ4v) is 4.03. The lowest BCUT2D eigenvalue weighted by Crippen LogP contribution is -2.48. The number of likely N-dealkylation sites (tertiary alicyclic amines) is 1. The highest BCUT2D eigenvalue weighted by Gasteiger charge is 2.36. The first-order valence-corrected chi connectivity index (χ1v) is 10.3. The van der Waals surface area contributed by atoms with Gasteiger partial charge >= 0.3 is 5.69 Å². The number of tetrazole rings is 1. The van der Waals surface area contributed by atoms with E-state index in [0.29, 0.717) is 19.6 Å². The molecule has 9 nitrogen and oxygen atoms in total. The lowest BCUT2D eigenvalue weighted by atomic mass is 9.82. The summed E-state index contributed by atoms with van der Waals surface area (Å²) in [4.78, 5) is 27.0. The molecule has 1 fully saturated rings. The van der Waals surface area contributed by atoms with Crippen LogP contribution in [0.15, 0.2) is 29.1 Å². The van der Waals surface area contributed by atoms with E-state index in [0.717, 1.165) is 19.5 Å². The number of hydrogen-bond acceptors (Lipinski definition) is 6. The van der Waals surface area contributed by atoms with Gasteiger partial charge in [0.05, 0.1) is 12.2 Å². The van der Waals surface area contributed by atoms with Crippen LogP contribution in [0.1, 0.15) is 20.3 Å². The molecule has 10 heteroatoms. The Morgan fingerprint density at radius 3 is 2.67 bits per heavy atom. The molecule has 1 amide bonds. The van der Waals surface area contributed by atoms with Crippen LogP contribution in [-0.4, -0.2) is 63.4 Å². The minimum atomic E-state index is -0.658. The number of halogens is 1. The molecule has 1 aromatic heterocycles. The maximum atomic E-state index is 13.9. The van der Waals surface area contributed by atoms with Crippen molar-refractivity contribution in [3.8, 4) is 0 Å². The molecule has 1 aliphatic rings. The van der Waals surface area contributed by atoms with Gasteiger partial charge in [0, 0.05) is 26.7 Å². The van der Waals surface area contributed by atoms with E-state index in [1.54, 1.807) is 12.1 Å². The highest BCUT2D eigenvalue weighted by atomic mass is 19.1. The van der Waals surface area contributed by atoms with Gasteiger partial charge in [-0.05, 0) is 54.3 Å². The number of piperidine rings is 1. The molecule has 0 bridgehead atoms. The summed E-state index contributed by atoms with van der Waals surface area (Å²) in [5.41, 5.74) is -0.0510. The summed E-state index contributed by atoms with van der Waals surface area (Å²) in [6.07, 6.45) is 0.106. The van der Waals surface area contributed by atoms with Crippen molar-refractivity contribution in [3.63, 3.8) is 0 Å². The molecular formula is C20H29FN6O3. The number of anilines is 1. The maximum absolute atomic E-state index is 13.9. The van der Waals surface area contributed by atoms with Crippen molar-refractivity contribution >= 4 is 11.6 Å². The summed E-state index contributed by atoms with van der Waals surface area (Å²) < 4.78 is 22.1. The number of benzene rings is 1. The van der Waals surface area contributed by atoms with Crippen LogP contribution in [0.25, 0.3) is 0 Å². The summed E-state index contributed by atoms with van der Waals surface area (Å²) in [7, 11) is 1.51. The number of carbonyl (C=O) groups excluding carboxylic acids is 1. The normalized spacial score (nSPS) is 20.8. The van der Waals surface area contributed by atoms with Gasteiger partial charge in [-0.3, -0.25) is 4.79 Å². The summed E-state index contributed by atoms with van der Waals surface area (Å²) in [5, 5.41) is 10.4. The highest BCUT2D eigenvalue weighted by Crippen LogP contribution is 2.28. The second-order valence-corrected chi connectivity index (χ2v) is 7.66. The average molecular weight is 420 g/mol. The van der Waals surface area contributed by atoms with Gasteiger partial charge in [-0.15, -0.1) is 0 Å². The van der Waals surface area contributed by atoms with Gasteiger partial charge in [0.1, 0.15) is 11.9 Å². The zero-order valence-corrected chi connectivity index (χ0v) is 17.6. The molecule has 3 rings (SSSR count). The van der Waals surface area contributed by atoms with Crippen LogP contribution in [0.3, 0.4) is 0 Å². The van der Waals surface area contributed by atoms with Crippen molar-refractivity contribution < 1.29 is 13.9 Å². The average Bonchev–Trinajstić information content (AvgIpc) is 3.09. The summed E-state index contributed by atoms with van der Waals surface area (Å²) >= 11 is 0. The maximum Gasteiger partial charge on any atom is 0.363 e. The molecule has 0 spiro atoms. The monoisotopic (exact) mass is 420 g/mol. The van der Waals surface area contributed by atoms with Crippen molar-refractivity contribution in [2.45, 2.75) is 39.5 Å². The molecule has 1 aliphatic heterocycles. The van der Waals surface area contributed by atoms with Crippen LogP contribution in [0, 0.1) is 17.7 Å². The molecule has 30 heavy (non-hydrogen) atoms. The molecule has 3 unspecified atom stereocenters. The third-order valence-corrected chi connectivity index (χ3v) is 5.71. The Balaban J connectivity index is 1.56. The van der Waals surface area contributed by atoms with Crippen molar-refractivity contribution in [1.82, 2.24) is 24.7 Å². The molecule has 2 heterocycles. The molecule has 0 saturated carbocycles. The van der Waals surface area contributed by atoms with E-state index in [-0.39, 0.29) is 29.1 Å². The molecule has 1 N–H and O–H groups in total. The molecule has 1 saturated heterocycles. The molecule has 164 valence electrons. The van der Waals surface area contributed by atoms with Crippen LogP contribution < -0.4 is 11.0 Å². The predicted molar refractivity (Wildman–Crippen MR) is 109 cm³/mol. The lowest BCUT2D eigenvalue weighted by molar-refractivity contribution is -0.131. The quantitative estimate of drug-likeness (QED) is 0.690. The van der Waals surface area contributed by atoms with Crippen LogP contribution in [0.2, 0.25) is 0 Å². The van der Waals surface area contributed by atoms with Crippen molar-refractivity contribution in [2.24, 2.45) is 11.8 Å². The minimum Gasteiger partial charge on any atom is -0.371 e. The van der Waals surface area contributed by atoms with Crippen molar-refractivity contribution in [1.29, 1.82) is 0 Å². The molecular weight excluding hydrogens is 391 g/mol. The Morgan fingerprint density at radius 1 is 1.30 bits per heavy atom. The standard InChI is InChI=1S/C20H29FN6O3/c1-4-26-20(29)27(24-23-26)12-11-25-10-9-15(14(2)13-25)18(30-3)19(28)22-17-8-6-5-7-16(17)21/h5-8,14-15,18H,4,9-13H2,1-3H3,(H,22,28). The smallest absolute Gasteiger partial charge is 0.363 e. The second kappa shape index (κ2) is 9.94. The number of ether oxygens (including phenoxy) is 1.